The molecule has 0 amide bonds. The van der Waals surface area contributed by atoms with E-state index in [0.29, 0.717) is 0 Å². The molecular weight excluding hydrogens is 1030 g/mol. The number of aryl methyl sites for hydroxylation is 3. The number of fused-ring (bicyclic) bond motifs is 4. The number of hydrogen-bond acceptors (Lipinski definition) is 2. The minimum Gasteiger partial charge on any atom is -0.454 e. The number of ether oxygens (including phenoxy) is 2. The molecule has 0 N–H and O–H groups in total. The fraction of sp³-hybridized carbons (Fsp3) is 0.0602. The third-order valence-corrected chi connectivity index (χ3v) is 17.5. The van der Waals surface area contributed by atoms with Gasteiger partial charge in [-0.15, -0.1) is 0 Å². The summed E-state index contributed by atoms with van der Waals surface area (Å²) >= 11 is 0. The molecule has 1 aliphatic carbocycles. The van der Waals surface area contributed by atoms with E-state index in [1.54, 1.807) is 0 Å². The fourth-order valence-electron chi connectivity index (χ4n) is 13.8. The van der Waals surface area contributed by atoms with Crippen molar-refractivity contribution in [1.29, 1.82) is 0 Å². The first-order valence-electron chi connectivity index (χ1n) is 29.4. The minimum atomic E-state index is -0.953. The molecule has 0 atom stereocenters. The predicted octanol–water partition coefficient (Wildman–Crippen LogP) is 21.7. The van der Waals surface area contributed by atoms with Crippen LogP contribution in [-0.4, -0.2) is 6.79 Å². The summed E-state index contributed by atoms with van der Waals surface area (Å²) in [6.45, 7) is 6.89. The van der Waals surface area contributed by atoms with Gasteiger partial charge < -0.3 is 9.47 Å². The van der Waals surface area contributed by atoms with Gasteiger partial charge in [0.1, 0.15) is 0 Å². The van der Waals surface area contributed by atoms with Crippen molar-refractivity contribution in [3.05, 3.63) is 336 Å². The molecule has 13 aromatic rings. The average molecular weight is 1090 g/mol. The van der Waals surface area contributed by atoms with E-state index in [2.05, 4.69) is 318 Å². The topological polar surface area (TPSA) is 18.5 Å². The Balaban J connectivity index is 1.09. The van der Waals surface area contributed by atoms with Gasteiger partial charge in [0.05, 0.1) is 5.41 Å². The van der Waals surface area contributed by atoms with Gasteiger partial charge >= 0.3 is 0 Å². The third kappa shape index (κ3) is 9.24. The Labute approximate surface area is 498 Å². The molecule has 2 heteroatoms. The standard InChI is InChI=1S/C83H60O2/c1-54-39-55(2)81(56(3)40-54)75-37-20-38-77-82(75)76-51-79-80(85-53-84-79)52-78(76)83(77,73-47-69(65-33-16-29-61(41-65)57-21-8-4-9-22-57)45-70(48-73)66-34-17-30-62(42-66)58-23-10-5-11-24-58)74-49-71(67-35-18-31-63(43-67)59-25-12-6-13-26-59)46-72(50-74)68-36-19-32-64(44-68)60-27-14-7-15-28-60/h4-52H,53H2,1-3H3. The highest BCUT2D eigenvalue weighted by molar-refractivity contribution is 5.99. The maximum Gasteiger partial charge on any atom is 0.231 e. The van der Waals surface area contributed by atoms with Gasteiger partial charge in [0.25, 0.3) is 0 Å². The van der Waals surface area contributed by atoms with Gasteiger partial charge in [0.2, 0.25) is 6.79 Å². The largest absolute Gasteiger partial charge is 0.454 e. The number of hydrogen-bond donors (Lipinski definition) is 0. The van der Waals surface area contributed by atoms with Crippen molar-refractivity contribution >= 4 is 0 Å². The molecule has 2 nitrogen and oxygen atoms in total. The van der Waals surface area contributed by atoms with E-state index in [-0.39, 0.29) is 6.79 Å². The molecule has 0 spiro atoms. The van der Waals surface area contributed by atoms with E-state index in [1.807, 2.05) is 0 Å². The molecule has 85 heavy (non-hydrogen) atoms. The Bertz CT molecular complexity index is 4250. The van der Waals surface area contributed by atoms with Crippen LogP contribution in [0.2, 0.25) is 0 Å². The van der Waals surface area contributed by atoms with Crippen LogP contribution >= 0.6 is 0 Å². The van der Waals surface area contributed by atoms with Crippen LogP contribution in [0, 0.1) is 20.8 Å². The summed E-state index contributed by atoms with van der Waals surface area (Å²) in [5.41, 5.74) is 30.5. The van der Waals surface area contributed by atoms with Crippen molar-refractivity contribution in [1.82, 2.24) is 0 Å². The van der Waals surface area contributed by atoms with Gasteiger partial charge in [0.15, 0.2) is 11.5 Å². The molecule has 15 rings (SSSR count). The first-order valence-corrected chi connectivity index (χ1v) is 29.4. The lowest BCUT2D eigenvalue weighted by molar-refractivity contribution is 0.174. The summed E-state index contributed by atoms with van der Waals surface area (Å²) in [5.74, 6) is 1.49. The van der Waals surface area contributed by atoms with Gasteiger partial charge in [-0.1, -0.05) is 230 Å². The van der Waals surface area contributed by atoms with Gasteiger partial charge in [-0.3, -0.25) is 0 Å². The van der Waals surface area contributed by atoms with Crippen molar-refractivity contribution in [2.75, 3.05) is 6.79 Å². The Morgan fingerprint density at radius 2 is 0.565 bits per heavy atom. The van der Waals surface area contributed by atoms with Crippen LogP contribution in [0.4, 0.5) is 0 Å². The molecule has 0 bridgehead atoms. The molecule has 1 heterocycles. The lowest BCUT2D eigenvalue weighted by Gasteiger charge is -2.36. The van der Waals surface area contributed by atoms with Crippen LogP contribution in [0.1, 0.15) is 38.9 Å². The molecule has 0 radical (unpaired) electrons. The fourth-order valence-corrected chi connectivity index (χ4v) is 13.8. The van der Waals surface area contributed by atoms with Gasteiger partial charge in [-0.25, -0.2) is 0 Å². The molecule has 0 saturated carbocycles. The monoisotopic (exact) mass is 1090 g/mol. The van der Waals surface area contributed by atoms with Crippen molar-refractivity contribution in [3.63, 3.8) is 0 Å². The summed E-state index contributed by atoms with van der Waals surface area (Å²) in [5, 5.41) is 0. The summed E-state index contributed by atoms with van der Waals surface area (Å²) in [4.78, 5) is 0. The van der Waals surface area contributed by atoms with Crippen LogP contribution < -0.4 is 9.47 Å². The van der Waals surface area contributed by atoms with E-state index >= 15 is 0 Å². The first kappa shape index (κ1) is 51.3. The molecule has 404 valence electrons. The molecule has 0 unspecified atom stereocenters. The summed E-state index contributed by atoms with van der Waals surface area (Å²) in [6, 6.07) is 110. The molecule has 1 aliphatic heterocycles. The molecule has 0 fully saturated rings. The number of rotatable bonds is 11. The van der Waals surface area contributed by atoms with Gasteiger partial charge in [-0.05, 0) is 238 Å². The Hall–Kier alpha value is -10.5. The smallest absolute Gasteiger partial charge is 0.231 e. The van der Waals surface area contributed by atoms with E-state index in [1.165, 1.54) is 61.2 Å². The Morgan fingerprint density at radius 1 is 0.247 bits per heavy atom. The molecular formula is C83H60O2. The van der Waals surface area contributed by atoms with E-state index in [4.69, 9.17) is 9.47 Å². The predicted molar refractivity (Wildman–Crippen MR) is 353 cm³/mol. The highest BCUT2D eigenvalue weighted by Crippen LogP contribution is 2.62. The lowest BCUT2D eigenvalue weighted by Crippen LogP contribution is -2.29. The molecule has 2 aliphatic rings. The van der Waals surface area contributed by atoms with Crippen molar-refractivity contribution < 1.29 is 9.47 Å². The second-order valence-electron chi connectivity index (χ2n) is 22.9. The second kappa shape index (κ2) is 21.3. The zero-order chi connectivity index (χ0) is 57.0. The Morgan fingerprint density at radius 3 is 0.941 bits per heavy atom. The van der Waals surface area contributed by atoms with Crippen LogP contribution in [0.25, 0.3) is 111 Å². The van der Waals surface area contributed by atoms with Crippen LogP contribution in [0.15, 0.2) is 297 Å². The van der Waals surface area contributed by atoms with Crippen LogP contribution in [0.3, 0.4) is 0 Å². The average Bonchev–Trinajstić information content (AvgIpc) is 1.57. The van der Waals surface area contributed by atoms with Crippen LogP contribution in [-0.2, 0) is 5.41 Å². The highest BCUT2D eigenvalue weighted by Gasteiger charge is 2.49. The zero-order valence-corrected chi connectivity index (χ0v) is 47.8. The normalized spacial score (nSPS) is 12.6. The van der Waals surface area contributed by atoms with Crippen molar-refractivity contribution in [3.8, 4) is 123 Å². The van der Waals surface area contributed by atoms with Crippen LogP contribution in [0.5, 0.6) is 11.5 Å². The number of benzene rings is 13. The Kier molecular flexibility index (Phi) is 12.9. The second-order valence-corrected chi connectivity index (χ2v) is 22.9. The maximum atomic E-state index is 6.52. The molecule has 0 saturated heterocycles. The van der Waals surface area contributed by atoms with Crippen molar-refractivity contribution in [2.24, 2.45) is 0 Å². The highest BCUT2D eigenvalue weighted by atomic mass is 16.7. The van der Waals surface area contributed by atoms with E-state index in [0.717, 1.165) is 101 Å². The summed E-state index contributed by atoms with van der Waals surface area (Å²) in [6.07, 6.45) is 0. The van der Waals surface area contributed by atoms with E-state index in [9.17, 15) is 0 Å². The SMILES string of the molecule is Cc1cc(C)c(-c2cccc3c2-c2cc4c(cc2C3(c2cc(-c3cccc(-c5ccccc5)c3)cc(-c3cccc(-c5ccccc5)c3)c2)c2cc(-c3cccc(-c5ccccc5)c3)cc(-c3cccc(-c5ccccc5)c3)c2)OCO4)c(C)c1. The van der Waals surface area contributed by atoms with Crippen molar-refractivity contribution in [2.45, 2.75) is 26.2 Å². The maximum absolute atomic E-state index is 6.52. The minimum absolute atomic E-state index is 0.153. The third-order valence-electron chi connectivity index (χ3n) is 17.5. The molecule has 13 aromatic carbocycles. The van der Waals surface area contributed by atoms with Gasteiger partial charge in [0, 0.05) is 0 Å². The van der Waals surface area contributed by atoms with Gasteiger partial charge in [-0.2, -0.15) is 0 Å². The zero-order valence-electron chi connectivity index (χ0n) is 47.8. The quantitative estimate of drug-likeness (QED) is 0.129. The summed E-state index contributed by atoms with van der Waals surface area (Å²) < 4.78 is 12.9. The van der Waals surface area contributed by atoms with E-state index < -0.39 is 5.41 Å². The molecule has 0 aromatic heterocycles. The lowest BCUT2D eigenvalue weighted by atomic mass is 9.65. The summed E-state index contributed by atoms with van der Waals surface area (Å²) in [7, 11) is 0. The first-order chi connectivity index (χ1) is 41.8.